The van der Waals surface area contributed by atoms with Gasteiger partial charge in [-0.05, 0) is 19.8 Å². The van der Waals surface area contributed by atoms with E-state index >= 15 is 0 Å². The highest BCUT2D eigenvalue weighted by atomic mass is 16.5. The molecule has 4 heteroatoms. The summed E-state index contributed by atoms with van der Waals surface area (Å²) in [5.41, 5.74) is 0. The zero-order valence-electron chi connectivity index (χ0n) is 8.57. The van der Waals surface area contributed by atoms with Gasteiger partial charge in [-0.2, -0.15) is 0 Å². The molecule has 2 fully saturated rings. The Hall–Kier alpha value is -0.610. The molecule has 0 aromatic rings. The lowest BCUT2D eigenvalue weighted by Gasteiger charge is -2.34. The van der Waals surface area contributed by atoms with Crippen LogP contribution in [-0.2, 0) is 14.3 Å². The molecule has 0 aliphatic carbocycles. The number of amides is 1. The molecule has 2 saturated heterocycles. The number of nitrogens with zero attached hydrogens (tertiary/aromatic N) is 1. The number of ether oxygens (including phenoxy) is 2. The maximum absolute atomic E-state index is 12.0. The number of carbonyl (C=O) groups excluding carboxylic acids is 1. The maximum atomic E-state index is 12.0. The van der Waals surface area contributed by atoms with Crippen molar-refractivity contribution in [3.63, 3.8) is 0 Å². The van der Waals surface area contributed by atoms with Gasteiger partial charge in [0.25, 0.3) is 5.91 Å². The van der Waals surface area contributed by atoms with Crippen LogP contribution in [0.2, 0.25) is 0 Å². The fourth-order valence-electron chi connectivity index (χ4n) is 2.01. The Labute approximate surface area is 84.2 Å². The number of hydrogen-bond acceptors (Lipinski definition) is 3. The molecule has 0 bridgehead atoms. The quantitative estimate of drug-likeness (QED) is 0.614. The van der Waals surface area contributed by atoms with Gasteiger partial charge in [-0.15, -0.1) is 0 Å². The molecule has 2 atom stereocenters. The first kappa shape index (κ1) is 9.93. The van der Waals surface area contributed by atoms with Crippen LogP contribution < -0.4 is 0 Å². The van der Waals surface area contributed by atoms with Gasteiger partial charge in [-0.25, -0.2) is 0 Å². The number of rotatable bonds is 1. The van der Waals surface area contributed by atoms with Crippen molar-refractivity contribution < 1.29 is 14.3 Å². The lowest BCUT2D eigenvalue weighted by molar-refractivity contribution is -0.148. The molecule has 0 aromatic carbocycles. The molecule has 2 aliphatic heterocycles. The predicted octanol–water partition coefficient (Wildman–Crippen LogP) is 0.413. The lowest BCUT2D eigenvalue weighted by Crippen LogP contribution is -2.50. The average Bonchev–Trinajstić information content (AvgIpc) is 2.70. The molecule has 0 spiro atoms. The SMILES string of the molecule is CC1COCCN1C(=O)C1CCCO1. The minimum Gasteiger partial charge on any atom is -0.377 e. The second-order valence-corrected chi connectivity index (χ2v) is 3.96. The van der Waals surface area contributed by atoms with Crippen LogP contribution >= 0.6 is 0 Å². The Morgan fingerprint density at radius 2 is 2.29 bits per heavy atom. The van der Waals surface area contributed by atoms with Crippen LogP contribution in [0.4, 0.5) is 0 Å². The fraction of sp³-hybridized carbons (Fsp3) is 0.900. The molecule has 0 aromatic heterocycles. The molecular formula is C10H17NO3. The first-order valence-corrected chi connectivity index (χ1v) is 5.29. The van der Waals surface area contributed by atoms with E-state index in [4.69, 9.17) is 9.47 Å². The van der Waals surface area contributed by atoms with Gasteiger partial charge in [0, 0.05) is 13.2 Å². The summed E-state index contributed by atoms with van der Waals surface area (Å²) in [6.45, 7) is 4.77. The molecule has 0 radical (unpaired) electrons. The van der Waals surface area contributed by atoms with Gasteiger partial charge in [-0.3, -0.25) is 4.79 Å². The summed E-state index contributed by atoms with van der Waals surface area (Å²) in [4.78, 5) is 13.8. The Bertz CT molecular complexity index is 213. The van der Waals surface area contributed by atoms with Crippen LogP contribution in [0, 0.1) is 0 Å². The van der Waals surface area contributed by atoms with Gasteiger partial charge in [0.05, 0.1) is 19.3 Å². The third kappa shape index (κ3) is 1.91. The highest BCUT2D eigenvalue weighted by Gasteiger charge is 2.32. The van der Waals surface area contributed by atoms with Crippen molar-refractivity contribution in [2.45, 2.75) is 31.9 Å². The molecule has 80 valence electrons. The van der Waals surface area contributed by atoms with Crippen molar-refractivity contribution in [1.29, 1.82) is 0 Å². The minimum absolute atomic E-state index is 0.151. The Morgan fingerprint density at radius 1 is 1.43 bits per heavy atom. The van der Waals surface area contributed by atoms with Crippen molar-refractivity contribution in [2.75, 3.05) is 26.4 Å². The van der Waals surface area contributed by atoms with Crippen molar-refractivity contribution >= 4 is 5.91 Å². The van der Waals surface area contributed by atoms with Crippen LogP contribution in [0.1, 0.15) is 19.8 Å². The molecule has 0 saturated carbocycles. The summed E-state index contributed by atoms with van der Waals surface area (Å²) in [6.07, 6.45) is 1.70. The zero-order valence-corrected chi connectivity index (χ0v) is 8.57. The van der Waals surface area contributed by atoms with Gasteiger partial charge in [-0.1, -0.05) is 0 Å². The lowest BCUT2D eigenvalue weighted by atomic mass is 10.1. The van der Waals surface area contributed by atoms with Gasteiger partial charge in [0.15, 0.2) is 0 Å². The van der Waals surface area contributed by atoms with E-state index < -0.39 is 0 Å². The third-order valence-corrected chi connectivity index (χ3v) is 2.86. The van der Waals surface area contributed by atoms with E-state index in [2.05, 4.69) is 0 Å². The molecule has 1 amide bonds. The van der Waals surface area contributed by atoms with Crippen molar-refractivity contribution in [2.24, 2.45) is 0 Å². The standard InChI is InChI=1S/C10H17NO3/c1-8-7-13-6-4-11(8)10(12)9-3-2-5-14-9/h8-9H,2-7H2,1H3. The summed E-state index contributed by atoms with van der Waals surface area (Å²) < 4.78 is 10.7. The Balaban J connectivity index is 1.94. The zero-order chi connectivity index (χ0) is 9.97. The largest absolute Gasteiger partial charge is 0.377 e. The summed E-state index contributed by atoms with van der Waals surface area (Å²) in [6, 6.07) is 0.195. The van der Waals surface area contributed by atoms with E-state index in [-0.39, 0.29) is 18.1 Å². The van der Waals surface area contributed by atoms with Gasteiger partial charge < -0.3 is 14.4 Å². The Kier molecular flexibility index (Phi) is 3.03. The number of morpholine rings is 1. The minimum atomic E-state index is -0.185. The maximum Gasteiger partial charge on any atom is 0.252 e. The summed E-state index contributed by atoms with van der Waals surface area (Å²) in [5.74, 6) is 0.151. The van der Waals surface area contributed by atoms with Gasteiger partial charge in [0.2, 0.25) is 0 Å². The van der Waals surface area contributed by atoms with E-state index in [0.717, 1.165) is 19.4 Å². The summed E-state index contributed by atoms with van der Waals surface area (Å²) >= 11 is 0. The predicted molar refractivity (Wildman–Crippen MR) is 51.0 cm³/mol. The molecule has 2 heterocycles. The van der Waals surface area contributed by atoms with Crippen LogP contribution in [0.15, 0.2) is 0 Å². The van der Waals surface area contributed by atoms with E-state index in [1.807, 2.05) is 11.8 Å². The summed E-state index contributed by atoms with van der Waals surface area (Å²) in [7, 11) is 0. The van der Waals surface area contributed by atoms with E-state index in [1.54, 1.807) is 0 Å². The van der Waals surface area contributed by atoms with E-state index in [1.165, 1.54) is 0 Å². The highest BCUT2D eigenvalue weighted by Crippen LogP contribution is 2.17. The monoisotopic (exact) mass is 199 g/mol. The molecule has 2 aliphatic rings. The van der Waals surface area contributed by atoms with Crippen molar-refractivity contribution in [3.8, 4) is 0 Å². The molecule has 4 nitrogen and oxygen atoms in total. The van der Waals surface area contributed by atoms with Crippen molar-refractivity contribution in [1.82, 2.24) is 4.90 Å². The van der Waals surface area contributed by atoms with Crippen LogP contribution in [0.25, 0.3) is 0 Å². The molecule has 2 rings (SSSR count). The molecule has 2 unspecified atom stereocenters. The van der Waals surface area contributed by atoms with Gasteiger partial charge >= 0.3 is 0 Å². The smallest absolute Gasteiger partial charge is 0.252 e. The van der Waals surface area contributed by atoms with E-state index in [0.29, 0.717) is 19.8 Å². The second kappa shape index (κ2) is 4.28. The molecule has 0 N–H and O–H groups in total. The van der Waals surface area contributed by atoms with Crippen LogP contribution in [0.3, 0.4) is 0 Å². The number of hydrogen-bond donors (Lipinski definition) is 0. The van der Waals surface area contributed by atoms with E-state index in [9.17, 15) is 4.79 Å². The van der Waals surface area contributed by atoms with Crippen LogP contribution in [0.5, 0.6) is 0 Å². The fourth-order valence-corrected chi connectivity index (χ4v) is 2.01. The molecular weight excluding hydrogens is 182 g/mol. The van der Waals surface area contributed by atoms with Gasteiger partial charge in [0.1, 0.15) is 6.10 Å². The van der Waals surface area contributed by atoms with Crippen LogP contribution in [-0.4, -0.2) is 49.3 Å². The Morgan fingerprint density at radius 3 is 2.93 bits per heavy atom. The number of carbonyl (C=O) groups is 1. The second-order valence-electron chi connectivity index (χ2n) is 3.96. The summed E-state index contributed by atoms with van der Waals surface area (Å²) in [5, 5.41) is 0. The molecule has 14 heavy (non-hydrogen) atoms. The van der Waals surface area contributed by atoms with Crippen molar-refractivity contribution in [3.05, 3.63) is 0 Å². The first-order valence-electron chi connectivity index (χ1n) is 5.29. The third-order valence-electron chi connectivity index (χ3n) is 2.86. The normalized spacial score (nSPS) is 33.4. The topological polar surface area (TPSA) is 38.8 Å². The highest BCUT2D eigenvalue weighted by molar-refractivity contribution is 5.81. The average molecular weight is 199 g/mol. The first-order chi connectivity index (χ1) is 6.79.